The average molecular weight is 741 g/mol. The summed E-state index contributed by atoms with van der Waals surface area (Å²) in [6.45, 7) is 0. The van der Waals surface area contributed by atoms with E-state index < -0.39 is 23.5 Å². The van der Waals surface area contributed by atoms with Crippen LogP contribution in [0.5, 0.6) is 23.0 Å². The number of benzene rings is 6. The molecule has 0 radical (unpaired) electrons. The van der Waals surface area contributed by atoms with E-state index in [9.17, 15) is 26.3 Å². The minimum absolute atomic E-state index is 0.0756. The molecule has 0 aliphatic carbocycles. The Balaban J connectivity index is 1.53. The van der Waals surface area contributed by atoms with Gasteiger partial charge in [0, 0.05) is 32.7 Å². The number of hydrogen-bond acceptors (Lipinski definition) is 4. The minimum atomic E-state index is -4.81. The molecule has 0 atom stereocenters. The maximum atomic E-state index is 14.6. The van der Waals surface area contributed by atoms with Crippen LogP contribution in [0.4, 0.5) is 26.3 Å². The van der Waals surface area contributed by atoms with E-state index in [-0.39, 0.29) is 22.5 Å². The van der Waals surface area contributed by atoms with Gasteiger partial charge in [0.05, 0.1) is 73.0 Å². The molecule has 0 aliphatic heterocycles. The fraction of sp³-hybridized carbons (Fsp3) is 0.143. The summed E-state index contributed by atoms with van der Waals surface area (Å²) < 4.78 is 113. The van der Waals surface area contributed by atoms with Gasteiger partial charge in [-0.3, -0.25) is 0 Å². The summed E-state index contributed by atoms with van der Waals surface area (Å²) in [4.78, 5) is 0. The fourth-order valence-electron chi connectivity index (χ4n) is 7.24. The van der Waals surface area contributed by atoms with Crippen LogP contribution < -0.4 is 18.9 Å². The van der Waals surface area contributed by atoms with Gasteiger partial charge in [0.2, 0.25) is 0 Å². The average Bonchev–Trinajstić information content (AvgIpc) is 3.67. The highest BCUT2D eigenvalue weighted by Crippen LogP contribution is 2.46. The summed E-state index contributed by atoms with van der Waals surface area (Å²) in [6.07, 6.45) is -9.62. The Morgan fingerprint density at radius 1 is 0.370 bits per heavy atom. The van der Waals surface area contributed by atoms with Gasteiger partial charge in [-0.05, 0) is 109 Å². The van der Waals surface area contributed by atoms with Crippen LogP contribution in [-0.4, -0.2) is 37.6 Å². The quantitative estimate of drug-likeness (QED) is 0.153. The molecule has 2 aromatic heterocycles. The Labute approximate surface area is 304 Å². The van der Waals surface area contributed by atoms with E-state index in [0.717, 1.165) is 24.3 Å². The predicted octanol–water partition coefficient (Wildman–Crippen LogP) is 11.6. The van der Waals surface area contributed by atoms with Crippen molar-refractivity contribution in [1.29, 1.82) is 0 Å². The molecule has 0 fully saturated rings. The van der Waals surface area contributed by atoms with Gasteiger partial charge in [-0.25, -0.2) is 0 Å². The summed E-state index contributed by atoms with van der Waals surface area (Å²) in [5.74, 6) is 2.15. The molecule has 0 aliphatic rings. The van der Waals surface area contributed by atoms with Crippen molar-refractivity contribution in [1.82, 2.24) is 9.13 Å². The van der Waals surface area contributed by atoms with Crippen LogP contribution in [0.3, 0.4) is 0 Å². The van der Waals surface area contributed by atoms with Gasteiger partial charge >= 0.3 is 12.4 Å². The van der Waals surface area contributed by atoms with Crippen molar-refractivity contribution in [2.75, 3.05) is 28.4 Å². The van der Waals surface area contributed by atoms with Gasteiger partial charge in [-0.2, -0.15) is 26.3 Å². The van der Waals surface area contributed by atoms with Gasteiger partial charge in [-0.1, -0.05) is 0 Å². The van der Waals surface area contributed by atoms with Crippen molar-refractivity contribution in [2.45, 2.75) is 12.4 Å². The third kappa shape index (κ3) is 5.60. The van der Waals surface area contributed by atoms with Crippen LogP contribution in [0.25, 0.3) is 66.1 Å². The van der Waals surface area contributed by atoms with Crippen LogP contribution in [0.1, 0.15) is 11.1 Å². The third-order valence-corrected chi connectivity index (χ3v) is 9.78. The Hall–Kier alpha value is -6.30. The maximum Gasteiger partial charge on any atom is 0.416 e. The second-order valence-electron chi connectivity index (χ2n) is 12.7. The van der Waals surface area contributed by atoms with Crippen LogP contribution in [0.15, 0.2) is 109 Å². The number of halogens is 6. The Morgan fingerprint density at radius 3 is 0.889 bits per heavy atom. The number of nitrogens with zero attached hydrogens (tertiary/aromatic N) is 2. The fourth-order valence-corrected chi connectivity index (χ4v) is 7.24. The molecular formula is C42H30F6N2O4. The highest BCUT2D eigenvalue weighted by Gasteiger charge is 2.35. The van der Waals surface area contributed by atoms with Gasteiger partial charge in [-0.15, -0.1) is 0 Å². The summed E-state index contributed by atoms with van der Waals surface area (Å²) in [7, 11) is 6.07. The largest absolute Gasteiger partial charge is 0.497 e. The normalized spacial score (nSPS) is 12.3. The number of alkyl halides is 6. The molecule has 8 rings (SSSR count). The van der Waals surface area contributed by atoms with Crippen molar-refractivity contribution in [3.8, 4) is 45.5 Å². The van der Waals surface area contributed by atoms with Crippen molar-refractivity contribution in [2.24, 2.45) is 0 Å². The molecule has 0 saturated carbocycles. The van der Waals surface area contributed by atoms with E-state index in [0.29, 0.717) is 66.6 Å². The first-order valence-corrected chi connectivity index (χ1v) is 16.6. The molecule has 0 saturated heterocycles. The molecule has 0 N–H and O–H groups in total. The van der Waals surface area contributed by atoms with E-state index in [1.807, 2.05) is 0 Å². The predicted molar refractivity (Wildman–Crippen MR) is 197 cm³/mol. The zero-order valence-corrected chi connectivity index (χ0v) is 29.2. The zero-order chi connectivity index (χ0) is 38.1. The molecule has 54 heavy (non-hydrogen) atoms. The number of fused-ring (bicyclic) bond motifs is 6. The molecule has 0 amide bonds. The summed E-state index contributed by atoms with van der Waals surface area (Å²) in [5.41, 5.74) is 0.604. The van der Waals surface area contributed by atoms with Gasteiger partial charge in [0.1, 0.15) is 23.0 Å². The van der Waals surface area contributed by atoms with Gasteiger partial charge < -0.3 is 28.1 Å². The molecule has 6 aromatic carbocycles. The van der Waals surface area contributed by atoms with Crippen LogP contribution in [0, 0.1) is 0 Å². The first-order valence-electron chi connectivity index (χ1n) is 16.6. The molecule has 0 bridgehead atoms. The zero-order valence-electron chi connectivity index (χ0n) is 29.2. The first kappa shape index (κ1) is 34.8. The van der Waals surface area contributed by atoms with Crippen LogP contribution in [-0.2, 0) is 12.4 Å². The summed E-state index contributed by atoms with van der Waals surface area (Å²) in [5, 5.41) is 2.79. The standard InChI is InChI=1S/C42H30F6N2O4/c1-51-25-7-13-37-31(19-25)32-20-26(52-2)8-14-38(32)49(37)35-11-5-23(41(43,44)45)17-29(35)30-18-24(42(46,47)48)6-12-36(30)50-39-15-9-27(53-3)21-33(39)34-22-28(54-4)10-16-40(34)50/h5-22H,1-4H3. The lowest BCUT2D eigenvalue weighted by Crippen LogP contribution is -2.10. The number of ether oxygens (including phenoxy) is 4. The lowest BCUT2D eigenvalue weighted by Gasteiger charge is -2.21. The number of hydrogen-bond donors (Lipinski definition) is 0. The molecule has 2 heterocycles. The van der Waals surface area contributed by atoms with Crippen molar-refractivity contribution in [3.05, 3.63) is 120 Å². The molecule has 274 valence electrons. The smallest absolute Gasteiger partial charge is 0.416 e. The third-order valence-electron chi connectivity index (χ3n) is 9.78. The van der Waals surface area contributed by atoms with E-state index in [4.69, 9.17) is 18.9 Å². The highest BCUT2D eigenvalue weighted by atomic mass is 19.4. The van der Waals surface area contributed by atoms with E-state index in [1.54, 1.807) is 81.9 Å². The maximum absolute atomic E-state index is 14.6. The van der Waals surface area contributed by atoms with Gasteiger partial charge in [0.15, 0.2) is 0 Å². The monoisotopic (exact) mass is 740 g/mol. The number of aromatic nitrogens is 2. The van der Waals surface area contributed by atoms with E-state index in [1.165, 1.54) is 40.6 Å². The SMILES string of the molecule is COc1ccc2c(c1)c1cc(OC)ccc1n2-c1ccc(C(F)(F)F)cc1-c1cc(C(F)(F)F)ccc1-n1c2ccc(OC)cc2c2cc(OC)ccc21. The van der Waals surface area contributed by atoms with Crippen LogP contribution >= 0.6 is 0 Å². The second-order valence-corrected chi connectivity index (χ2v) is 12.7. The lowest BCUT2D eigenvalue weighted by atomic mass is 9.96. The van der Waals surface area contributed by atoms with E-state index in [2.05, 4.69) is 0 Å². The molecule has 8 aromatic rings. The van der Waals surface area contributed by atoms with Gasteiger partial charge in [0.25, 0.3) is 0 Å². The highest BCUT2D eigenvalue weighted by molar-refractivity contribution is 6.12. The summed E-state index contributed by atoms with van der Waals surface area (Å²) >= 11 is 0. The molecule has 12 heteroatoms. The molecule has 6 nitrogen and oxygen atoms in total. The molecular weight excluding hydrogens is 710 g/mol. The molecule has 0 unspecified atom stereocenters. The molecule has 0 spiro atoms. The van der Waals surface area contributed by atoms with Crippen molar-refractivity contribution in [3.63, 3.8) is 0 Å². The Kier molecular flexibility index (Phi) is 8.16. The second kappa shape index (κ2) is 12.7. The minimum Gasteiger partial charge on any atom is -0.497 e. The Bertz CT molecular complexity index is 2450. The lowest BCUT2D eigenvalue weighted by molar-refractivity contribution is -0.138. The van der Waals surface area contributed by atoms with Crippen molar-refractivity contribution < 1.29 is 45.3 Å². The topological polar surface area (TPSA) is 46.8 Å². The first-order chi connectivity index (χ1) is 25.8. The van der Waals surface area contributed by atoms with E-state index >= 15 is 0 Å². The van der Waals surface area contributed by atoms with Crippen LogP contribution in [0.2, 0.25) is 0 Å². The summed E-state index contributed by atoms with van der Waals surface area (Å²) in [6, 6.07) is 27.5. The van der Waals surface area contributed by atoms with Crippen molar-refractivity contribution >= 4 is 43.6 Å². The number of rotatable bonds is 7. The Morgan fingerprint density at radius 2 is 0.648 bits per heavy atom. The number of methoxy groups -OCH3 is 4.